The highest BCUT2D eigenvalue weighted by molar-refractivity contribution is 5.86. The molecule has 2 unspecified atom stereocenters. The number of ether oxygens (including phenoxy) is 6. The molecule has 2 rings (SSSR count). The summed E-state index contributed by atoms with van der Waals surface area (Å²) in [7, 11) is 1.32. The van der Waals surface area contributed by atoms with Crippen LogP contribution in [0.15, 0.2) is 30.3 Å². The Kier molecular flexibility index (Phi) is 14.3. The van der Waals surface area contributed by atoms with E-state index in [9.17, 15) is 19.2 Å². The summed E-state index contributed by atoms with van der Waals surface area (Å²) in [6, 6.07) is 7.19. The number of benzene rings is 1. The van der Waals surface area contributed by atoms with E-state index in [1.165, 1.54) is 13.2 Å². The normalized spacial score (nSPS) is 16.6. The third kappa shape index (κ3) is 12.1. The highest BCUT2D eigenvalue weighted by Crippen LogP contribution is 2.38. The Balaban J connectivity index is 1.69. The van der Waals surface area contributed by atoms with Gasteiger partial charge in [-0.15, -0.1) is 0 Å². The van der Waals surface area contributed by atoms with Crippen molar-refractivity contribution in [3.63, 3.8) is 0 Å². The van der Waals surface area contributed by atoms with Crippen LogP contribution in [0.3, 0.4) is 0 Å². The SMILES string of the molecule is CCC(C)(CC(C)(C)C(=O)OCCCOc1ccc(/C=C/C(=O)OC)cc1)C(=O)OCCNC(=O)OC1CCCCO1. The zero-order valence-electron chi connectivity index (χ0n) is 25.4. The molecule has 0 saturated carbocycles. The van der Waals surface area contributed by atoms with Crippen molar-refractivity contribution >= 4 is 30.1 Å². The van der Waals surface area contributed by atoms with Gasteiger partial charge in [0.2, 0.25) is 6.29 Å². The molecule has 11 nitrogen and oxygen atoms in total. The maximum Gasteiger partial charge on any atom is 0.409 e. The molecule has 2 atom stereocenters. The van der Waals surface area contributed by atoms with E-state index < -0.39 is 41.1 Å². The van der Waals surface area contributed by atoms with Crippen LogP contribution in [-0.2, 0) is 38.1 Å². The Bertz CT molecular complexity index is 1050. The number of esters is 3. The Hall–Kier alpha value is -3.60. The zero-order chi connectivity index (χ0) is 31.0. The van der Waals surface area contributed by atoms with Gasteiger partial charge in [0.25, 0.3) is 0 Å². The van der Waals surface area contributed by atoms with Gasteiger partial charge < -0.3 is 33.7 Å². The van der Waals surface area contributed by atoms with Gasteiger partial charge in [0.05, 0.1) is 44.3 Å². The van der Waals surface area contributed by atoms with E-state index in [-0.39, 0.29) is 26.2 Å². The average Bonchev–Trinajstić information content (AvgIpc) is 2.98. The number of methoxy groups -OCH3 is 1. The zero-order valence-corrected chi connectivity index (χ0v) is 25.4. The lowest BCUT2D eigenvalue weighted by Gasteiger charge is -2.33. The van der Waals surface area contributed by atoms with Crippen molar-refractivity contribution in [2.45, 2.75) is 72.5 Å². The summed E-state index contributed by atoms with van der Waals surface area (Å²) in [4.78, 5) is 48.9. The van der Waals surface area contributed by atoms with Crippen LogP contribution in [-0.4, -0.2) is 70.4 Å². The highest BCUT2D eigenvalue weighted by Gasteiger charge is 2.42. The van der Waals surface area contributed by atoms with E-state index >= 15 is 0 Å². The number of carbonyl (C=O) groups excluding carboxylic acids is 4. The molecule has 0 bridgehead atoms. The van der Waals surface area contributed by atoms with E-state index in [4.69, 9.17) is 23.7 Å². The lowest BCUT2D eigenvalue weighted by Crippen LogP contribution is -2.40. The first kappa shape index (κ1) is 34.6. The molecule has 1 aromatic carbocycles. The van der Waals surface area contributed by atoms with Crippen LogP contribution in [0, 0.1) is 10.8 Å². The summed E-state index contributed by atoms with van der Waals surface area (Å²) < 4.78 is 31.7. The second-order valence-corrected chi connectivity index (χ2v) is 11.0. The number of nitrogens with one attached hydrogen (secondary N) is 1. The number of carbonyl (C=O) groups is 4. The molecule has 1 aliphatic heterocycles. The first-order valence-corrected chi connectivity index (χ1v) is 14.4. The lowest BCUT2D eigenvalue weighted by atomic mass is 9.72. The van der Waals surface area contributed by atoms with Crippen LogP contribution >= 0.6 is 0 Å². The van der Waals surface area contributed by atoms with Gasteiger partial charge in [-0.1, -0.05) is 19.1 Å². The van der Waals surface area contributed by atoms with Crippen molar-refractivity contribution in [2.24, 2.45) is 10.8 Å². The molecule has 1 aliphatic rings. The van der Waals surface area contributed by atoms with Crippen molar-refractivity contribution in [3.05, 3.63) is 35.9 Å². The molecule has 42 heavy (non-hydrogen) atoms. The number of amides is 1. The van der Waals surface area contributed by atoms with Gasteiger partial charge in [-0.2, -0.15) is 0 Å². The summed E-state index contributed by atoms with van der Waals surface area (Å²) in [5.41, 5.74) is -1.02. The summed E-state index contributed by atoms with van der Waals surface area (Å²) in [5, 5.41) is 2.56. The molecule has 1 N–H and O–H groups in total. The fourth-order valence-corrected chi connectivity index (χ4v) is 4.34. The van der Waals surface area contributed by atoms with Crippen molar-refractivity contribution in [2.75, 3.05) is 40.1 Å². The number of hydrogen-bond donors (Lipinski definition) is 1. The predicted octanol–water partition coefficient (Wildman–Crippen LogP) is 4.81. The van der Waals surface area contributed by atoms with E-state index in [1.807, 2.05) is 19.1 Å². The molecule has 234 valence electrons. The maximum absolute atomic E-state index is 12.9. The quantitative estimate of drug-likeness (QED) is 0.123. The standard InChI is InChI=1S/C31H45NO10/c1-6-31(4,28(35)41-21-17-32-29(36)42-26-10-7-8-18-39-26)22-30(2,3)27(34)40-20-9-19-38-24-14-11-23(12-15-24)13-16-25(33)37-5/h11-16,26H,6-10,17-22H2,1-5H3,(H,32,36)/b16-13+. The first-order chi connectivity index (χ1) is 20.0. The maximum atomic E-state index is 12.9. The minimum atomic E-state index is -0.930. The predicted molar refractivity (Wildman–Crippen MR) is 154 cm³/mol. The van der Waals surface area contributed by atoms with Crippen LogP contribution in [0.2, 0.25) is 0 Å². The van der Waals surface area contributed by atoms with Gasteiger partial charge in [-0.25, -0.2) is 9.59 Å². The molecule has 1 saturated heterocycles. The molecule has 11 heteroatoms. The average molecular weight is 592 g/mol. The highest BCUT2D eigenvalue weighted by atomic mass is 16.7. The van der Waals surface area contributed by atoms with Crippen LogP contribution in [0.4, 0.5) is 4.79 Å². The van der Waals surface area contributed by atoms with Crippen molar-refractivity contribution < 1.29 is 47.6 Å². The van der Waals surface area contributed by atoms with Gasteiger partial charge in [0.15, 0.2) is 0 Å². The second-order valence-electron chi connectivity index (χ2n) is 11.0. The molecule has 0 aromatic heterocycles. The van der Waals surface area contributed by atoms with Crippen molar-refractivity contribution in [3.8, 4) is 5.75 Å². The molecular formula is C31H45NO10. The summed E-state index contributed by atoms with van der Waals surface area (Å²) >= 11 is 0. The number of hydrogen-bond acceptors (Lipinski definition) is 10. The minimum Gasteiger partial charge on any atom is -0.493 e. The third-order valence-electron chi connectivity index (χ3n) is 6.92. The van der Waals surface area contributed by atoms with Crippen LogP contribution in [0.25, 0.3) is 6.08 Å². The fraction of sp³-hybridized carbons (Fsp3) is 0.613. The van der Waals surface area contributed by atoms with Gasteiger partial charge in [-0.3, -0.25) is 9.59 Å². The van der Waals surface area contributed by atoms with Gasteiger partial charge >= 0.3 is 24.0 Å². The minimum absolute atomic E-state index is 0.0210. The summed E-state index contributed by atoms with van der Waals surface area (Å²) in [6.07, 6.45) is 5.56. The van der Waals surface area contributed by atoms with Crippen molar-refractivity contribution in [1.82, 2.24) is 5.32 Å². The third-order valence-corrected chi connectivity index (χ3v) is 6.92. The Morgan fingerprint density at radius 3 is 2.36 bits per heavy atom. The molecule has 1 aromatic rings. The smallest absolute Gasteiger partial charge is 0.409 e. The van der Waals surface area contributed by atoms with Gasteiger partial charge in [-0.05, 0) is 70.2 Å². The van der Waals surface area contributed by atoms with E-state index in [2.05, 4.69) is 10.1 Å². The summed E-state index contributed by atoms with van der Waals surface area (Å²) in [5.74, 6) is -0.635. The first-order valence-electron chi connectivity index (χ1n) is 14.4. The summed E-state index contributed by atoms with van der Waals surface area (Å²) in [6.45, 7) is 8.27. The topological polar surface area (TPSA) is 136 Å². The van der Waals surface area contributed by atoms with E-state index in [1.54, 1.807) is 39.0 Å². The van der Waals surface area contributed by atoms with Crippen LogP contribution in [0.1, 0.15) is 71.8 Å². The molecule has 1 fully saturated rings. The van der Waals surface area contributed by atoms with Crippen molar-refractivity contribution in [1.29, 1.82) is 0 Å². The van der Waals surface area contributed by atoms with Crippen LogP contribution in [0.5, 0.6) is 5.75 Å². The number of rotatable bonds is 16. The van der Waals surface area contributed by atoms with Gasteiger partial charge in [0, 0.05) is 18.9 Å². The fourth-order valence-electron chi connectivity index (χ4n) is 4.34. The largest absolute Gasteiger partial charge is 0.493 e. The molecule has 0 spiro atoms. The molecular weight excluding hydrogens is 546 g/mol. The number of alkyl carbamates (subject to hydrolysis) is 1. The molecule has 0 radical (unpaired) electrons. The lowest BCUT2D eigenvalue weighted by molar-refractivity contribution is -0.163. The molecule has 1 amide bonds. The Morgan fingerprint density at radius 2 is 1.71 bits per heavy atom. The molecule has 1 heterocycles. The van der Waals surface area contributed by atoms with E-state index in [0.717, 1.165) is 18.4 Å². The van der Waals surface area contributed by atoms with Crippen LogP contribution < -0.4 is 10.1 Å². The van der Waals surface area contributed by atoms with E-state index in [0.29, 0.717) is 38.2 Å². The van der Waals surface area contributed by atoms with Gasteiger partial charge in [0.1, 0.15) is 12.4 Å². The Labute approximate surface area is 248 Å². The Morgan fingerprint density at radius 1 is 1.00 bits per heavy atom. The second kappa shape index (κ2) is 17.4. The molecule has 0 aliphatic carbocycles. The monoisotopic (exact) mass is 591 g/mol.